The molecular formula is C28H37N3O2. The summed E-state index contributed by atoms with van der Waals surface area (Å²) >= 11 is 0. The summed E-state index contributed by atoms with van der Waals surface area (Å²) in [7, 11) is 0. The first-order valence-electron chi connectivity index (χ1n) is 11.9. The lowest BCUT2D eigenvalue weighted by Crippen LogP contribution is -2.56. The van der Waals surface area contributed by atoms with Crippen molar-refractivity contribution in [1.29, 1.82) is 0 Å². The smallest absolute Gasteiger partial charge is 0.241 e. The van der Waals surface area contributed by atoms with E-state index in [1.807, 2.05) is 70.2 Å². The molecule has 1 heterocycles. The molecule has 2 amide bonds. The van der Waals surface area contributed by atoms with Crippen LogP contribution in [-0.4, -0.2) is 35.3 Å². The third kappa shape index (κ3) is 5.91. The van der Waals surface area contributed by atoms with Crippen LogP contribution in [0.4, 0.5) is 11.4 Å². The van der Waals surface area contributed by atoms with Gasteiger partial charge in [-0.1, -0.05) is 42.5 Å². The molecule has 0 spiro atoms. The molecule has 1 fully saturated rings. The molecule has 5 nitrogen and oxygen atoms in total. The lowest BCUT2D eigenvalue weighted by atomic mass is 9.93. The van der Waals surface area contributed by atoms with Crippen molar-refractivity contribution in [1.82, 2.24) is 4.90 Å². The van der Waals surface area contributed by atoms with E-state index >= 15 is 0 Å². The van der Waals surface area contributed by atoms with Crippen molar-refractivity contribution in [3.8, 4) is 0 Å². The molecule has 2 atom stereocenters. The van der Waals surface area contributed by atoms with Gasteiger partial charge in [0.2, 0.25) is 11.8 Å². The van der Waals surface area contributed by atoms with Crippen molar-refractivity contribution in [2.45, 2.75) is 71.9 Å². The number of benzene rings is 2. The van der Waals surface area contributed by atoms with Crippen LogP contribution in [0.1, 0.15) is 54.4 Å². The number of carbonyl (C=O) groups is 2. The first-order valence-corrected chi connectivity index (χ1v) is 11.9. The van der Waals surface area contributed by atoms with Gasteiger partial charge in [-0.3, -0.25) is 14.5 Å². The number of allylic oxidation sites excluding steroid dienone is 1. The number of para-hydroxylation sites is 2. The van der Waals surface area contributed by atoms with Crippen LogP contribution >= 0.6 is 0 Å². The molecule has 0 aromatic heterocycles. The zero-order valence-corrected chi connectivity index (χ0v) is 20.4. The van der Waals surface area contributed by atoms with Crippen molar-refractivity contribution in [2.24, 2.45) is 0 Å². The van der Waals surface area contributed by atoms with E-state index in [9.17, 15) is 9.59 Å². The minimum Gasteiger partial charge on any atom is -0.324 e. The molecule has 0 aliphatic carbocycles. The Morgan fingerprint density at radius 1 is 0.879 bits per heavy atom. The molecular weight excluding hydrogens is 410 g/mol. The molecule has 1 saturated heterocycles. The molecule has 0 radical (unpaired) electrons. The maximum atomic E-state index is 13.4. The number of rotatable bonds is 8. The number of nitrogens with zero attached hydrogens (tertiary/aromatic N) is 1. The Labute approximate surface area is 198 Å². The summed E-state index contributed by atoms with van der Waals surface area (Å²) in [6.45, 7) is 12.5. The fourth-order valence-electron chi connectivity index (χ4n) is 4.78. The number of hydrogen-bond acceptors (Lipinski definition) is 3. The van der Waals surface area contributed by atoms with Crippen molar-refractivity contribution in [3.05, 3.63) is 71.3 Å². The average Bonchev–Trinajstić information content (AvgIpc) is 2.79. The number of piperidine rings is 1. The normalized spacial score (nSPS) is 18.5. The van der Waals surface area contributed by atoms with Crippen molar-refractivity contribution in [3.63, 3.8) is 0 Å². The Bertz CT molecular complexity index is 900. The van der Waals surface area contributed by atoms with Crippen LogP contribution in [0.5, 0.6) is 0 Å². The molecule has 2 N–H and O–H groups in total. The third-order valence-corrected chi connectivity index (χ3v) is 6.64. The minimum atomic E-state index is -0.337. The van der Waals surface area contributed by atoms with Gasteiger partial charge in [-0.15, -0.1) is 6.58 Å². The van der Waals surface area contributed by atoms with Gasteiger partial charge in [0.1, 0.15) is 0 Å². The molecule has 1 aliphatic rings. The standard InChI is InChI=1S/C28H37N3O2/c1-6-7-8-18-31-23(27(32)29-25-19(2)12-9-13-20(25)3)16-11-17-24(31)28(33)30-26-21(4)14-10-15-22(26)5/h6,9-10,12-15,23-24H,1,7-8,11,16-18H2,2-5H3,(H,29,32)(H,30,33). The highest BCUT2D eigenvalue weighted by Crippen LogP contribution is 2.28. The zero-order chi connectivity index (χ0) is 24.0. The van der Waals surface area contributed by atoms with Crippen molar-refractivity contribution < 1.29 is 9.59 Å². The average molecular weight is 448 g/mol. The number of carbonyl (C=O) groups excluding carboxylic acids is 2. The predicted octanol–water partition coefficient (Wildman–Crippen LogP) is 5.69. The van der Waals surface area contributed by atoms with E-state index in [1.165, 1.54) is 0 Å². The van der Waals surface area contributed by atoms with E-state index < -0.39 is 0 Å². The number of likely N-dealkylation sites (tertiary alicyclic amines) is 1. The largest absolute Gasteiger partial charge is 0.324 e. The Kier molecular flexibility index (Phi) is 8.45. The number of anilines is 2. The maximum Gasteiger partial charge on any atom is 0.241 e. The van der Waals surface area contributed by atoms with Gasteiger partial charge < -0.3 is 10.6 Å². The molecule has 3 rings (SSSR count). The van der Waals surface area contributed by atoms with Crippen LogP contribution in [-0.2, 0) is 9.59 Å². The Morgan fingerprint density at radius 2 is 1.30 bits per heavy atom. The van der Waals surface area contributed by atoms with Crippen LogP contribution < -0.4 is 10.6 Å². The Hall–Kier alpha value is -2.92. The summed E-state index contributed by atoms with van der Waals surface area (Å²) in [5.41, 5.74) is 5.91. The van der Waals surface area contributed by atoms with E-state index in [4.69, 9.17) is 0 Å². The highest BCUT2D eigenvalue weighted by molar-refractivity contribution is 5.99. The monoisotopic (exact) mass is 447 g/mol. The van der Waals surface area contributed by atoms with E-state index in [0.29, 0.717) is 6.54 Å². The Morgan fingerprint density at radius 3 is 1.70 bits per heavy atom. The lowest BCUT2D eigenvalue weighted by molar-refractivity contribution is -0.130. The minimum absolute atomic E-state index is 0.0319. The van der Waals surface area contributed by atoms with Gasteiger partial charge in [0, 0.05) is 17.9 Å². The van der Waals surface area contributed by atoms with E-state index in [1.54, 1.807) is 0 Å². The van der Waals surface area contributed by atoms with Crippen LogP contribution in [0.25, 0.3) is 0 Å². The summed E-state index contributed by atoms with van der Waals surface area (Å²) in [5.74, 6) is -0.0637. The number of nitrogens with one attached hydrogen (secondary N) is 2. The second kappa shape index (κ2) is 11.3. The summed E-state index contributed by atoms with van der Waals surface area (Å²) in [5, 5.41) is 6.33. The first-order chi connectivity index (χ1) is 15.8. The summed E-state index contributed by atoms with van der Waals surface area (Å²) < 4.78 is 0. The summed E-state index contributed by atoms with van der Waals surface area (Å²) in [6, 6.07) is 11.3. The van der Waals surface area contributed by atoms with Crippen LogP contribution in [0, 0.1) is 27.7 Å². The highest BCUT2D eigenvalue weighted by Gasteiger charge is 2.38. The molecule has 2 aromatic rings. The molecule has 33 heavy (non-hydrogen) atoms. The second-order valence-corrected chi connectivity index (χ2v) is 9.14. The molecule has 0 saturated carbocycles. The fourth-order valence-corrected chi connectivity index (χ4v) is 4.78. The molecule has 176 valence electrons. The van der Waals surface area contributed by atoms with Gasteiger partial charge in [-0.05, 0) is 82.1 Å². The first kappa shape index (κ1) is 24.7. The number of hydrogen-bond donors (Lipinski definition) is 2. The SMILES string of the molecule is C=CCCCN1C(C(=O)Nc2c(C)cccc2C)CCCC1C(=O)Nc1c(C)cccc1C. The fraction of sp³-hybridized carbons (Fsp3) is 0.429. The number of unbranched alkanes of at least 4 members (excludes halogenated alkanes) is 1. The van der Waals surface area contributed by atoms with Gasteiger partial charge in [0.05, 0.1) is 12.1 Å². The van der Waals surface area contributed by atoms with Gasteiger partial charge in [-0.2, -0.15) is 0 Å². The van der Waals surface area contributed by atoms with Crippen molar-refractivity contribution in [2.75, 3.05) is 17.2 Å². The van der Waals surface area contributed by atoms with Crippen molar-refractivity contribution >= 4 is 23.2 Å². The van der Waals surface area contributed by atoms with E-state index in [2.05, 4.69) is 22.1 Å². The van der Waals surface area contributed by atoms with Gasteiger partial charge in [-0.25, -0.2) is 0 Å². The van der Waals surface area contributed by atoms with Gasteiger partial charge in [0.25, 0.3) is 0 Å². The Balaban J connectivity index is 1.83. The number of amides is 2. The van der Waals surface area contributed by atoms with Crippen LogP contribution in [0.3, 0.4) is 0 Å². The topological polar surface area (TPSA) is 61.4 Å². The highest BCUT2D eigenvalue weighted by atomic mass is 16.2. The summed E-state index contributed by atoms with van der Waals surface area (Å²) in [4.78, 5) is 29.0. The molecule has 0 bridgehead atoms. The quantitative estimate of drug-likeness (QED) is 0.404. The second-order valence-electron chi connectivity index (χ2n) is 9.14. The molecule has 5 heteroatoms. The third-order valence-electron chi connectivity index (χ3n) is 6.64. The lowest BCUT2D eigenvalue weighted by Gasteiger charge is -2.40. The summed E-state index contributed by atoms with van der Waals surface area (Å²) in [6.07, 6.45) is 5.95. The predicted molar refractivity (Wildman–Crippen MR) is 137 cm³/mol. The van der Waals surface area contributed by atoms with Gasteiger partial charge in [0.15, 0.2) is 0 Å². The van der Waals surface area contributed by atoms with E-state index in [0.717, 1.165) is 65.7 Å². The zero-order valence-electron chi connectivity index (χ0n) is 20.4. The molecule has 1 aliphatic heterocycles. The van der Waals surface area contributed by atoms with Crippen LogP contribution in [0.15, 0.2) is 49.1 Å². The van der Waals surface area contributed by atoms with E-state index in [-0.39, 0.29) is 23.9 Å². The number of aryl methyl sites for hydroxylation is 4. The van der Waals surface area contributed by atoms with Crippen LogP contribution in [0.2, 0.25) is 0 Å². The maximum absolute atomic E-state index is 13.4. The van der Waals surface area contributed by atoms with Gasteiger partial charge >= 0.3 is 0 Å². The molecule has 2 aromatic carbocycles. The molecule has 2 unspecified atom stereocenters.